The van der Waals surface area contributed by atoms with Gasteiger partial charge in [0, 0.05) is 36.6 Å². The molecule has 0 bridgehead atoms. The molecular formula is C54H56N4O8. The van der Waals surface area contributed by atoms with Gasteiger partial charge >= 0.3 is 11.9 Å². The molecule has 7 aromatic rings. The molecule has 12 nitrogen and oxygen atoms in total. The molecule has 0 amide bonds. The quantitative estimate of drug-likeness (QED) is 0.0793. The van der Waals surface area contributed by atoms with Crippen LogP contribution in [0, 0.1) is 13.8 Å². The third-order valence-electron chi connectivity index (χ3n) is 10.5. The number of ether oxygens (including phenoxy) is 2. The van der Waals surface area contributed by atoms with Crippen molar-refractivity contribution in [2.24, 2.45) is 0 Å². The van der Waals surface area contributed by atoms with Gasteiger partial charge in [0.25, 0.3) is 0 Å². The van der Waals surface area contributed by atoms with E-state index in [0.717, 1.165) is 44.4 Å². The van der Waals surface area contributed by atoms with Gasteiger partial charge in [-0.2, -0.15) is 0 Å². The number of nitrogens with zero attached hydrogens (tertiary/aromatic N) is 4. The van der Waals surface area contributed by atoms with E-state index < -0.39 is 23.6 Å². The molecule has 0 unspecified atom stereocenters. The van der Waals surface area contributed by atoms with Crippen molar-refractivity contribution in [1.29, 1.82) is 0 Å². The highest BCUT2D eigenvalue weighted by atomic mass is 16.5. The molecule has 340 valence electrons. The lowest BCUT2D eigenvalue weighted by molar-refractivity contribution is -0.162. The Kier molecular flexibility index (Phi) is 17.2. The molecule has 0 saturated carbocycles. The number of benzene rings is 5. The van der Waals surface area contributed by atoms with E-state index in [9.17, 15) is 24.3 Å². The Morgan fingerprint density at radius 1 is 0.682 bits per heavy atom. The number of hydrogen-bond donors (Lipinski definition) is 2. The van der Waals surface area contributed by atoms with Gasteiger partial charge in [0.15, 0.2) is 23.4 Å². The van der Waals surface area contributed by atoms with Gasteiger partial charge in [-0.3, -0.25) is 9.59 Å². The molecule has 0 fully saturated rings. The SMILES string of the molecule is C.Cc1ccc(C(=O)c2nc3ccccc3n2C/C=C/c2ccc(COC(C)(C)C(=O)O)cc2)cc1.Cc1ccc(C(=O)c2nccn2C/C=C/c2ccc(CO[C@H](C)C(=O)O)cc2)cc1. The summed E-state index contributed by atoms with van der Waals surface area (Å²) in [5.41, 5.74) is 7.66. The molecule has 0 saturated heterocycles. The van der Waals surface area contributed by atoms with E-state index in [1.54, 1.807) is 12.4 Å². The number of aliphatic carboxylic acids is 2. The minimum absolute atomic E-state index is 0. The van der Waals surface area contributed by atoms with E-state index >= 15 is 0 Å². The summed E-state index contributed by atoms with van der Waals surface area (Å²) >= 11 is 0. The molecule has 0 spiro atoms. The number of carboxylic acids is 2. The summed E-state index contributed by atoms with van der Waals surface area (Å²) in [5, 5.41) is 18.0. The topological polar surface area (TPSA) is 163 Å². The van der Waals surface area contributed by atoms with Crippen LogP contribution in [0.4, 0.5) is 0 Å². The Hall–Kier alpha value is -7.54. The van der Waals surface area contributed by atoms with Gasteiger partial charge < -0.3 is 28.8 Å². The number of imidazole rings is 2. The van der Waals surface area contributed by atoms with Gasteiger partial charge in [0.1, 0.15) is 0 Å². The van der Waals surface area contributed by atoms with Crippen LogP contribution in [0.25, 0.3) is 23.2 Å². The predicted octanol–water partition coefficient (Wildman–Crippen LogP) is 10.4. The highest BCUT2D eigenvalue weighted by Gasteiger charge is 2.27. The number of allylic oxidation sites excluding steroid dienone is 2. The van der Waals surface area contributed by atoms with Crippen molar-refractivity contribution in [3.05, 3.63) is 202 Å². The molecule has 12 heteroatoms. The molecule has 1 atom stereocenters. The fourth-order valence-corrected chi connectivity index (χ4v) is 6.43. The zero-order chi connectivity index (χ0) is 46.5. The van der Waals surface area contributed by atoms with Crippen LogP contribution in [0.5, 0.6) is 0 Å². The molecule has 0 aliphatic rings. The van der Waals surface area contributed by atoms with Gasteiger partial charge in [-0.05, 0) is 69.0 Å². The van der Waals surface area contributed by atoms with Crippen LogP contribution in [-0.2, 0) is 45.4 Å². The first-order valence-electron chi connectivity index (χ1n) is 21.1. The number of aryl methyl sites for hydroxylation is 2. The van der Waals surface area contributed by atoms with E-state index in [4.69, 9.17) is 14.6 Å². The molecule has 2 N–H and O–H groups in total. The average Bonchev–Trinajstić information content (AvgIpc) is 3.93. The second-order valence-corrected chi connectivity index (χ2v) is 16.0. The van der Waals surface area contributed by atoms with Gasteiger partial charge in [-0.1, -0.05) is 152 Å². The first-order valence-corrected chi connectivity index (χ1v) is 21.1. The largest absolute Gasteiger partial charge is 0.479 e. The van der Waals surface area contributed by atoms with E-state index in [2.05, 4.69) is 9.97 Å². The minimum atomic E-state index is -1.24. The molecule has 0 aliphatic carbocycles. The number of carbonyl (C=O) groups is 4. The molecule has 66 heavy (non-hydrogen) atoms. The molecule has 7 rings (SSSR count). The number of rotatable bonds is 18. The van der Waals surface area contributed by atoms with Crippen molar-refractivity contribution in [1.82, 2.24) is 19.1 Å². The van der Waals surface area contributed by atoms with Gasteiger partial charge in [-0.15, -0.1) is 0 Å². The first kappa shape index (κ1) is 49.5. The lowest BCUT2D eigenvalue weighted by Gasteiger charge is -2.20. The maximum Gasteiger partial charge on any atom is 0.335 e. The number of para-hydroxylation sites is 2. The third-order valence-corrected chi connectivity index (χ3v) is 10.5. The Balaban J connectivity index is 0.000000247. The lowest BCUT2D eigenvalue weighted by Crippen LogP contribution is -2.34. The second kappa shape index (κ2) is 22.9. The smallest absolute Gasteiger partial charge is 0.335 e. The summed E-state index contributed by atoms with van der Waals surface area (Å²) in [6, 6.07) is 38.1. The zero-order valence-electron chi connectivity index (χ0n) is 37.0. The highest BCUT2D eigenvalue weighted by molar-refractivity contribution is 6.08. The number of ketones is 2. The van der Waals surface area contributed by atoms with E-state index in [0.29, 0.717) is 35.9 Å². The number of carbonyl (C=O) groups excluding carboxylic acids is 2. The normalized spacial score (nSPS) is 11.8. The van der Waals surface area contributed by atoms with Crippen LogP contribution in [0.3, 0.4) is 0 Å². The molecule has 0 aliphatic heterocycles. The maximum atomic E-state index is 13.2. The van der Waals surface area contributed by atoms with Crippen molar-refractivity contribution < 1.29 is 38.9 Å². The van der Waals surface area contributed by atoms with Gasteiger partial charge in [0.2, 0.25) is 11.6 Å². The maximum absolute atomic E-state index is 13.2. The van der Waals surface area contributed by atoms with Crippen LogP contribution in [0.2, 0.25) is 0 Å². The van der Waals surface area contributed by atoms with Crippen molar-refractivity contribution in [3.8, 4) is 0 Å². The summed E-state index contributed by atoms with van der Waals surface area (Å²) in [7, 11) is 0. The summed E-state index contributed by atoms with van der Waals surface area (Å²) < 4.78 is 14.5. The molecule has 2 heterocycles. The molecule has 2 aromatic heterocycles. The number of fused-ring (bicyclic) bond motifs is 1. The first-order chi connectivity index (χ1) is 31.2. The summed E-state index contributed by atoms with van der Waals surface area (Å²) in [6.07, 6.45) is 10.5. The molecule has 0 radical (unpaired) electrons. The number of carboxylic acid groups (broad SMARTS) is 2. The predicted molar refractivity (Wildman–Crippen MR) is 257 cm³/mol. The fourth-order valence-electron chi connectivity index (χ4n) is 6.43. The Bertz CT molecular complexity index is 2800. The van der Waals surface area contributed by atoms with Gasteiger partial charge in [-0.25, -0.2) is 19.6 Å². The Morgan fingerprint density at radius 2 is 1.20 bits per heavy atom. The third kappa shape index (κ3) is 13.3. The average molecular weight is 889 g/mol. The number of hydrogen-bond acceptors (Lipinski definition) is 8. The van der Waals surface area contributed by atoms with Crippen LogP contribution < -0.4 is 0 Å². The Labute approximate surface area is 385 Å². The van der Waals surface area contributed by atoms with Crippen LogP contribution >= 0.6 is 0 Å². The zero-order valence-corrected chi connectivity index (χ0v) is 37.0. The summed E-state index contributed by atoms with van der Waals surface area (Å²) in [4.78, 5) is 56.8. The van der Waals surface area contributed by atoms with Crippen molar-refractivity contribution >= 4 is 46.7 Å². The Morgan fingerprint density at radius 3 is 1.74 bits per heavy atom. The molecule has 5 aromatic carbocycles. The van der Waals surface area contributed by atoms with Crippen LogP contribution in [-0.4, -0.2) is 64.5 Å². The van der Waals surface area contributed by atoms with Crippen molar-refractivity contribution in [2.75, 3.05) is 0 Å². The fraction of sp³-hybridized carbons (Fsp3) is 0.222. The summed E-state index contributed by atoms with van der Waals surface area (Å²) in [5.74, 6) is -1.37. The van der Waals surface area contributed by atoms with Gasteiger partial charge in [0.05, 0.1) is 24.2 Å². The van der Waals surface area contributed by atoms with Crippen molar-refractivity contribution in [3.63, 3.8) is 0 Å². The van der Waals surface area contributed by atoms with E-state index in [1.807, 2.05) is 169 Å². The standard InChI is InChI=1S/C29H28N2O4.C24H24N2O4.CH4/c1-20-10-16-23(17-11-20)26(32)27-30-24-8-4-5-9-25(24)31(27)18-6-7-21-12-14-22(15-13-21)19-35-29(2,3)28(33)34;1-17-5-11-21(12-6-17)22(27)23-25-13-15-26(23)14-3-4-19-7-9-20(10-8-19)16-30-18(2)24(28)29;/h4-17H,18-19H2,1-3H3,(H,33,34);3-13,15,18H,14,16H2,1-2H3,(H,28,29);1H4/b7-6+;4-3+;/t;18-;/m.1./s1. The summed E-state index contributed by atoms with van der Waals surface area (Å²) in [6.45, 7) is 10.0. The van der Waals surface area contributed by atoms with E-state index in [-0.39, 0.29) is 32.2 Å². The highest BCUT2D eigenvalue weighted by Crippen LogP contribution is 2.21. The molecular weight excluding hydrogens is 833 g/mol. The van der Waals surface area contributed by atoms with Crippen molar-refractivity contribution in [2.45, 2.75) is 80.1 Å². The van der Waals surface area contributed by atoms with Crippen LogP contribution in [0.15, 0.2) is 146 Å². The monoisotopic (exact) mass is 888 g/mol. The van der Waals surface area contributed by atoms with E-state index in [1.165, 1.54) is 20.8 Å². The number of aromatic nitrogens is 4. The van der Waals surface area contributed by atoms with Crippen LogP contribution in [0.1, 0.15) is 93.9 Å². The minimum Gasteiger partial charge on any atom is -0.479 e. The lowest BCUT2D eigenvalue weighted by atomic mass is 10.1. The second-order valence-electron chi connectivity index (χ2n) is 16.0.